The lowest BCUT2D eigenvalue weighted by molar-refractivity contribution is -0.146. The Hall–Kier alpha value is -1.32. The molecule has 1 aliphatic rings. The Morgan fingerprint density at radius 1 is 1.43 bits per heavy atom. The molecule has 0 bridgehead atoms. The maximum atomic E-state index is 11.1. The van der Waals surface area contributed by atoms with Crippen LogP contribution >= 0.6 is 0 Å². The molecule has 1 rings (SSSR count). The Kier molecular flexibility index (Phi) is 3.28. The predicted molar refractivity (Wildman–Crippen MR) is 49.7 cm³/mol. The van der Waals surface area contributed by atoms with Crippen molar-refractivity contribution in [2.75, 3.05) is 0 Å². The number of carboxylic acid groups (broad SMARTS) is 1. The number of hydrogen-bond donors (Lipinski definition) is 1. The molecule has 1 aliphatic carbocycles. The fraction of sp³-hybridized carbons (Fsp3) is 0.600. The van der Waals surface area contributed by atoms with Gasteiger partial charge in [0, 0.05) is 12.2 Å². The highest BCUT2D eigenvalue weighted by molar-refractivity contribution is 5.91. The molecule has 14 heavy (non-hydrogen) atoms. The molecule has 0 aliphatic heterocycles. The number of carbonyl (C=O) groups is 2. The minimum atomic E-state index is -1.14. The molecule has 1 saturated carbocycles. The third kappa shape index (κ3) is 3.20. The highest BCUT2D eigenvalue weighted by atomic mass is 16.6. The Labute approximate surface area is 82.6 Å². The van der Waals surface area contributed by atoms with Gasteiger partial charge in [-0.3, -0.25) is 0 Å². The quantitative estimate of drug-likeness (QED) is 0.537. The molecule has 4 nitrogen and oxygen atoms in total. The average Bonchev–Trinajstić information content (AvgIpc) is 2.82. The van der Waals surface area contributed by atoms with Crippen LogP contribution in [-0.2, 0) is 14.3 Å². The second kappa shape index (κ2) is 4.26. The van der Waals surface area contributed by atoms with E-state index in [-0.39, 0.29) is 5.60 Å². The van der Waals surface area contributed by atoms with Crippen LogP contribution in [0.3, 0.4) is 0 Å². The van der Waals surface area contributed by atoms with Crippen molar-refractivity contribution in [1.82, 2.24) is 0 Å². The molecule has 4 heteroatoms. The van der Waals surface area contributed by atoms with Crippen molar-refractivity contribution >= 4 is 11.9 Å². The van der Waals surface area contributed by atoms with Crippen LogP contribution in [0.4, 0.5) is 0 Å². The maximum absolute atomic E-state index is 11.1. The van der Waals surface area contributed by atoms with Crippen LogP contribution in [-0.4, -0.2) is 22.6 Å². The van der Waals surface area contributed by atoms with Gasteiger partial charge in [-0.2, -0.15) is 0 Å². The van der Waals surface area contributed by atoms with E-state index in [1.54, 1.807) is 0 Å². The number of carboxylic acids is 1. The third-order valence-electron chi connectivity index (χ3n) is 2.19. The summed E-state index contributed by atoms with van der Waals surface area (Å²) in [4.78, 5) is 21.2. The molecule has 0 atom stereocenters. The fourth-order valence-corrected chi connectivity index (χ4v) is 1.38. The molecule has 78 valence electrons. The lowest BCUT2D eigenvalue weighted by Crippen LogP contribution is -2.17. The van der Waals surface area contributed by atoms with Crippen LogP contribution < -0.4 is 0 Å². The van der Waals surface area contributed by atoms with Crippen LogP contribution in [0.1, 0.15) is 32.6 Å². The predicted octanol–water partition coefficient (Wildman–Crippen LogP) is 1.50. The molecule has 0 saturated heterocycles. The van der Waals surface area contributed by atoms with E-state index in [9.17, 15) is 9.59 Å². The van der Waals surface area contributed by atoms with E-state index in [2.05, 4.69) is 0 Å². The molecule has 0 spiro atoms. The third-order valence-corrected chi connectivity index (χ3v) is 2.19. The minimum Gasteiger partial charge on any atom is -0.478 e. The van der Waals surface area contributed by atoms with E-state index >= 15 is 0 Å². The molecule has 0 amide bonds. The van der Waals surface area contributed by atoms with Crippen molar-refractivity contribution in [3.05, 3.63) is 12.2 Å². The summed E-state index contributed by atoms with van der Waals surface area (Å²) >= 11 is 0. The number of aliphatic carboxylic acids is 1. The summed E-state index contributed by atoms with van der Waals surface area (Å²) in [5.74, 6) is -1.69. The molecule has 0 unspecified atom stereocenters. The number of carbonyl (C=O) groups excluding carboxylic acids is 1. The summed E-state index contributed by atoms with van der Waals surface area (Å²) < 4.78 is 5.15. The zero-order chi connectivity index (χ0) is 10.6. The molecule has 1 fully saturated rings. The van der Waals surface area contributed by atoms with Gasteiger partial charge in [0.05, 0.1) is 0 Å². The number of ether oxygens (including phenoxy) is 1. The van der Waals surface area contributed by atoms with Gasteiger partial charge >= 0.3 is 11.9 Å². The Balaban J connectivity index is 2.37. The Bertz CT molecular complexity index is 263. The summed E-state index contributed by atoms with van der Waals surface area (Å²) in [5.41, 5.74) is -0.283. The zero-order valence-electron chi connectivity index (χ0n) is 8.16. The molecule has 0 heterocycles. The van der Waals surface area contributed by atoms with Gasteiger partial charge in [-0.15, -0.1) is 0 Å². The lowest BCUT2D eigenvalue weighted by atomic mass is 10.2. The monoisotopic (exact) mass is 198 g/mol. The highest BCUT2D eigenvalue weighted by Gasteiger charge is 2.45. The van der Waals surface area contributed by atoms with Crippen LogP contribution in [0.15, 0.2) is 12.2 Å². The molecular formula is C10H14O4. The van der Waals surface area contributed by atoms with Gasteiger partial charge in [0.25, 0.3) is 0 Å². The summed E-state index contributed by atoms with van der Waals surface area (Å²) in [6, 6.07) is 0. The van der Waals surface area contributed by atoms with Gasteiger partial charge in [0.2, 0.25) is 0 Å². The van der Waals surface area contributed by atoms with E-state index in [0.29, 0.717) is 0 Å². The topological polar surface area (TPSA) is 63.6 Å². The van der Waals surface area contributed by atoms with Gasteiger partial charge in [-0.05, 0) is 19.3 Å². The number of rotatable bonds is 5. The van der Waals surface area contributed by atoms with Crippen molar-refractivity contribution < 1.29 is 19.4 Å². The lowest BCUT2D eigenvalue weighted by Gasteiger charge is -2.13. The van der Waals surface area contributed by atoms with Gasteiger partial charge in [0.15, 0.2) is 0 Å². The molecule has 0 aromatic heterocycles. The fourth-order valence-electron chi connectivity index (χ4n) is 1.38. The van der Waals surface area contributed by atoms with Crippen molar-refractivity contribution in [3.63, 3.8) is 0 Å². The standard InChI is InChI=1S/C10H14O4/c1-2-5-10(6-7-10)14-9(13)4-3-8(11)12/h3-4H,2,5-7H2,1H3,(H,11,12)/b4-3-. The van der Waals surface area contributed by atoms with E-state index in [1.165, 1.54) is 0 Å². The normalized spacial score (nSPS) is 18.1. The Morgan fingerprint density at radius 3 is 2.50 bits per heavy atom. The first-order chi connectivity index (χ1) is 6.58. The Morgan fingerprint density at radius 2 is 2.07 bits per heavy atom. The largest absolute Gasteiger partial charge is 0.478 e. The van der Waals surface area contributed by atoms with Crippen LogP contribution in [0.5, 0.6) is 0 Å². The average molecular weight is 198 g/mol. The zero-order valence-corrected chi connectivity index (χ0v) is 8.16. The minimum absolute atomic E-state index is 0.283. The summed E-state index contributed by atoms with van der Waals surface area (Å²) in [6.07, 6.45) is 5.37. The first-order valence-corrected chi connectivity index (χ1v) is 4.72. The van der Waals surface area contributed by atoms with Gasteiger partial charge in [0.1, 0.15) is 5.60 Å². The highest BCUT2D eigenvalue weighted by Crippen LogP contribution is 2.43. The van der Waals surface area contributed by atoms with Crippen molar-refractivity contribution in [2.45, 2.75) is 38.2 Å². The second-order valence-corrected chi connectivity index (χ2v) is 3.53. The SMILES string of the molecule is CCCC1(OC(=O)/C=C\C(=O)O)CC1. The van der Waals surface area contributed by atoms with Crippen molar-refractivity contribution in [1.29, 1.82) is 0 Å². The summed E-state index contributed by atoms with van der Waals surface area (Å²) in [6.45, 7) is 2.03. The smallest absolute Gasteiger partial charge is 0.331 e. The van der Waals surface area contributed by atoms with Crippen LogP contribution in [0, 0.1) is 0 Å². The molecule has 0 aromatic carbocycles. The summed E-state index contributed by atoms with van der Waals surface area (Å²) in [7, 11) is 0. The first-order valence-electron chi connectivity index (χ1n) is 4.72. The van der Waals surface area contributed by atoms with Gasteiger partial charge in [-0.25, -0.2) is 9.59 Å². The summed E-state index contributed by atoms with van der Waals surface area (Å²) in [5, 5.41) is 8.29. The van der Waals surface area contributed by atoms with Gasteiger partial charge in [-0.1, -0.05) is 13.3 Å². The van der Waals surface area contributed by atoms with Crippen molar-refractivity contribution in [2.24, 2.45) is 0 Å². The van der Waals surface area contributed by atoms with E-state index in [0.717, 1.165) is 37.8 Å². The second-order valence-electron chi connectivity index (χ2n) is 3.53. The van der Waals surface area contributed by atoms with E-state index < -0.39 is 11.9 Å². The first kappa shape index (κ1) is 10.8. The maximum Gasteiger partial charge on any atom is 0.331 e. The molecule has 0 aromatic rings. The number of esters is 1. The number of hydrogen-bond acceptors (Lipinski definition) is 3. The van der Waals surface area contributed by atoms with E-state index in [1.807, 2.05) is 6.92 Å². The molecular weight excluding hydrogens is 184 g/mol. The van der Waals surface area contributed by atoms with Crippen LogP contribution in [0.2, 0.25) is 0 Å². The van der Waals surface area contributed by atoms with Gasteiger partial charge < -0.3 is 9.84 Å². The van der Waals surface area contributed by atoms with Crippen LogP contribution in [0.25, 0.3) is 0 Å². The molecule has 1 N–H and O–H groups in total. The van der Waals surface area contributed by atoms with Crippen molar-refractivity contribution in [3.8, 4) is 0 Å². The van der Waals surface area contributed by atoms with E-state index in [4.69, 9.17) is 9.84 Å². The molecule has 0 radical (unpaired) electrons.